The Bertz CT molecular complexity index is 1230. The van der Waals surface area contributed by atoms with E-state index in [1.54, 1.807) is 13.2 Å². The van der Waals surface area contributed by atoms with Crippen LogP contribution in [0.25, 0.3) is 22.2 Å². The first kappa shape index (κ1) is 20.3. The summed E-state index contributed by atoms with van der Waals surface area (Å²) in [5.74, 6) is 0.144. The van der Waals surface area contributed by atoms with Crippen LogP contribution in [0, 0.1) is 5.21 Å². The van der Waals surface area contributed by atoms with Gasteiger partial charge in [-0.2, -0.15) is 4.73 Å². The smallest absolute Gasteiger partial charge is 0.256 e. The average Bonchev–Trinajstić information content (AvgIpc) is 2.81. The molecule has 1 amide bonds. The van der Waals surface area contributed by atoms with Gasteiger partial charge < -0.3 is 15.3 Å². The lowest BCUT2D eigenvalue weighted by atomic mass is 10.0. The number of hydrogen-bond donors (Lipinski definition) is 1. The second kappa shape index (κ2) is 8.83. The zero-order chi connectivity index (χ0) is 21.8. The first-order chi connectivity index (χ1) is 15.1. The lowest BCUT2D eigenvalue weighted by Crippen LogP contribution is -2.32. The lowest BCUT2D eigenvalue weighted by Gasteiger charge is -2.20. The Morgan fingerprint density at radius 2 is 1.84 bits per heavy atom. The zero-order valence-corrected chi connectivity index (χ0v) is 17.4. The number of rotatable bonds is 6. The molecule has 2 aromatic carbocycles. The number of hydrogen-bond acceptors (Lipinski definition) is 4. The molecule has 2 aromatic heterocycles. The Kier molecular flexibility index (Phi) is 5.80. The van der Waals surface area contributed by atoms with Crippen LogP contribution in [0.2, 0.25) is 0 Å². The van der Waals surface area contributed by atoms with Crippen molar-refractivity contribution in [2.24, 2.45) is 0 Å². The van der Waals surface area contributed by atoms with Crippen molar-refractivity contribution < 1.29 is 14.3 Å². The number of pyridine rings is 2. The largest absolute Gasteiger partial charge is 0.619 e. The minimum atomic E-state index is -0.314. The highest BCUT2D eigenvalue weighted by atomic mass is 16.5. The molecule has 0 bridgehead atoms. The number of nitrogens with zero attached hydrogens (tertiary/aromatic N) is 2. The zero-order valence-electron chi connectivity index (χ0n) is 17.4. The summed E-state index contributed by atoms with van der Waals surface area (Å²) in [6.07, 6.45) is 3.53. The van der Waals surface area contributed by atoms with Crippen molar-refractivity contribution in [1.82, 2.24) is 10.3 Å². The van der Waals surface area contributed by atoms with Gasteiger partial charge in [0.25, 0.3) is 5.91 Å². The molecule has 0 spiro atoms. The van der Waals surface area contributed by atoms with E-state index in [2.05, 4.69) is 5.32 Å². The summed E-state index contributed by atoms with van der Waals surface area (Å²) in [6.45, 7) is 1.96. The van der Waals surface area contributed by atoms with E-state index in [4.69, 9.17) is 9.72 Å². The number of amides is 1. The van der Waals surface area contributed by atoms with E-state index in [9.17, 15) is 10.0 Å². The number of carbonyl (C=O) groups is 1. The predicted octanol–water partition coefficient (Wildman–Crippen LogP) is 4.42. The second-order valence-corrected chi connectivity index (χ2v) is 7.18. The number of para-hydroxylation sites is 1. The van der Waals surface area contributed by atoms with Crippen molar-refractivity contribution in [3.8, 4) is 17.0 Å². The molecule has 1 unspecified atom stereocenters. The molecule has 0 fully saturated rings. The van der Waals surface area contributed by atoms with E-state index < -0.39 is 0 Å². The van der Waals surface area contributed by atoms with Gasteiger partial charge >= 0.3 is 0 Å². The molecule has 2 heterocycles. The molecule has 4 aromatic rings. The van der Waals surface area contributed by atoms with E-state index in [0.717, 1.165) is 15.9 Å². The first-order valence-electron chi connectivity index (χ1n) is 10.1. The third kappa shape index (κ3) is 4.05. The van der Waals surface area contributed by atoms with Gasteiger partial charge in [-0.25, -0.2) is 4.98 Å². The summed E-state index contributed by atoms with van der Waals surface area (Å²) in [5.41, 5.74) is 3.35. The highest BCUT2D eigenvalue weighted by Gasteiger charge is 2.25. The summed E-state index contributed by atoms with van der Waals surface area (Å²) in [4.78, 5) is 18.3. The van der Waals surface area contributed by atoms with Crippen LogP contribution in [0.15, 0.2) is 79.1 Å². The Balaban J connectivity index is 1.84. The summed E-state index contributed by atoms with van der Waals surface area (Å²) in [7, 11) is 1.55. The highest BCUT2D eigenvalue weighted by Crippen LogP contribution is 2.36. The summed E-state index contributed by atoms with van der Waals surface area (Å²) in [5, 5.41) is 15.5. The molecular formula is C25H23N3O3. The number of methoxy groups -OCH3 is 1. The van der Waals surface area contributed by atoms with Gasteiger partial charge in [0.15, 0.2) is 18.1 Å². The Morgan fingerprint density at radius 1 is 1.10 bits per heavy atom. The SMILES string of the molecule is CCC(NC(=O)c1c(OC)c(-c2ccccc2)nc2ccccc12)c1ccc[n+]([O-])c1. The van der Waals surface area contributed by atoms with Crippen LogP contribution in [0.4, 0.5) is 0 Å². The highest BCUT2D eigenvalue weighted by molar-refractivity contribution is 6.10. The van der Waals surface area contributed by atoms with Gasteiger partial charge in [-0.05, 0) is 18.6 Å². The minimum Gasteiger partial charge on any atom is -0.619 e. The molecule has 0 radical (unpaired) electrons. The van der Waals surface area contributed by atoms with Gasteiger partial charge in [0.1, 0.15) is 5.69 Å². The van der Waals surface area contributed by atoms with E-state index in [0.29, 0.717) is 34.3 Å². The van der Waals surface area contributed by atoms with Gasteiger partial charge in [0, 0.05) is 22.6 Å². The topological polar surface area (TPSA) is 78.2 Å². The maximum Gasteiger partial charge on any atom is 0.256 e. The monoisotopic (exact) mass is 413 g/mol. The Hall–Kier alpha value is -3.93. The summed E-state index contributed by atoms with van der Waals surface area (Å²) < 4.78 is 6.46. The standard InChI is InChI=1S/C25H23N3O3/c1-3-20(18-12-9-15-28(30)16-18)27-25(29)22-19-13-7-8-14-21(19)26-23(24(22)31-2)17-10-5-4-6-11-17/h4-16,20H,3H2,1-2H3,(H,27,29). The van der Waals surface area contributed by atoms with Crippen molar-refractivity contribution in [1.29, 1.82) is 0 Å². The molecule has 0 aliphatic carbocycles. The normalized spacial score (nSPS) is 11.8. The number of ether oxygens (including phenoxy) is 1. The fourth-order valence-corrected chi connectivity index (χ4v) is 3.74. The molecular weight excluding hydrogens is 390 g/mol. The lowest BCUT2D eigenvalue weighted by molar-refractivity contribution is -0.606. The Morgan fingerprint density at radius 3 is 2.55 bits per heavy atom. The summed E-state index contributed by atoms with van der Waals surface area (Å²) in [6, 6.07) is 20.4. The van der Waals surface area contributed by atoms with Gasteiger partial charge in [-0.15, -0.1) is 0 Å². The molecule has 0 aliphatic heterocycles. The van der Waals surface area contributed by atoms with E-state index in [1.807, 2.05) is 67.6 Å². The molecule has 4 rings (SSSR count). The molecule has 0 saturated heterocycles. The van der Waals surface area contributed by atoms with Gasteiger partial charge in [-0.1, -0.05) is 55.5 Å². The van der Waals surface area contributed by atoms with Gasteiger partial charge in [0.2, 0.25) is 0 Å². The fraction of sp³-hybridized carbons (Fsp3) is 0.160. The Labute approximate surface area is 180 Å². The van der Waals surface area contributed by atoms with Crippen molar-refractivity contribution >= 4 is 16.8 Å². The maximum atomic E-state index is 13.5. The maximum absolute atomic E-state index is 13.5. The third-order valence-electron chi connectivity index (χ3n) is 5.24. The number of aromatic nitrogens is 2. The van der Waals surface area contributed by atoms with Crippen LogP contribution < -0.4 is 14.8 Å². The molecule has 0 saturated carbocycles. The first-order valence-corrected chi connectivity index (χ1v) is 10.1. The third-order valence-corrected chi connectivity index (χ3v) is 5.24. The van der Waals surface area contributed by atoms with Gasteiger partial charge in [0.05, 0.1) is 24.2 Å². The number of fused-ring (bicyclic) bond motifs is 1. The number of nitrogens with one attached hydrogen (secondary N) is 1. The second-order valence-electron chi connectivity index (χ2n) is 7.18. The number of carbonyl (C=O) groups excluding carboxylic acids is 1. The van der Waals surface area contributed by atoms with Crippen LogP contribution in [0.3, 0.4) is 0 Å². The van der Waals surface area contributed by atoms with E-state index in [1.165, 1.54) is 12.4 Å². The van der Waals surface area contributed by atoms with Crippen LogP contribution in [0.5, 0.6) is 5.75 Å². The van der Waals surface area contributed by atoms with Crippen molar-refractivity contribution in [2.75, 3.05) is 7.11 Å². The molecule has 31 heavy (non-hydrogen) atoms. The quantitative estimate of drug-likeness (QED) is 0.375. The molecule has 0 aliphatic rings. The van der Waals surface area contributed by atoms with Crippen LogP contribution in [-0.2, 0) is 0 Å². The fourth-order valence-electron chi connectivity index (χ4n) is 3.74. The van der Waals surface area contributed by atoms with Gasteiger partial charge in [-0.3, -0.25) is 4.79 Å². The predicted molar refractivity (Wildman–Crippen MR) is 120 cm³/mol. The van der Waals surface area contributed by atoms with E-state index in [-0.39, 0.29) is 11.9 Å². The molecule has 156 valence electrons. The van der Waals surface area contributed by atoms with E-state index >= 15 is 0 Å². The molecule has 1 atom stereocenters. The molecule has 6 nitrogen and oxygen atoms in total. The average molecular weight is 413 g/mol. The number of benzene rings is 2. The molecule has 1 N–H and O–H groups in total. The van der Waals surface area contributed by atoms with Crippen molar-refractivity contribution in [2.45, 2.75) is 19.4 Å². The van der Waals surface area contributed by atoms with Crippen molar-refractivity contribution in [3.63, 3.8) is 0 Å². The summed E-state index contributed by atoms with van der Waals surface area (Å²) >= 11 is 0. The van der Waals surface area contributed by atoms with Crippen molar-refractivity contribution in [3.05, 3.63) is 95.5 Å². The van der Waals surface area contributed by atoms with Crippen LogP contribution in [0.1, 0.15) is 35.3 Å². The van der Waals surface area contributed by atoms with Crippen LogP contribution in [-0.4, -0.2) is 18.0 Å². The van der Waals surface area contributed by atoms with Crippen LogP contribution >= 0.6 is 0 Å². The minimum absolute atomic E-state index is 0.277. The molecule has 6 heteroatoms.